The maximum atomic E-state index is 12.3. The van der Waals surface area contributed by atoms with Crippen LogP contribution in [0.25, 0.3) is 0 Å². The second kappa shape index (κ2) is 17.6. The topological polar surface area (TPSA) is 67.4 Å². The van der Waals surface area contributed by atoms with E-state index in [1.54, 1.807) is 36.4 Å². The molecule has 0 bridgehead atoms. The third kappa shape index (κ3) is 14.5. The number of carbonyl (C=O) groups is 2. The third-order valence-electron chi connectivity index (χ3n) is 6.59. The number of anilines is 2. The first-order chi connectivity index (χ1) is 17.9. The number of hydrogen-bond donors (Lipinski definition) is 2. The van der Waals surface area contributed by atoms with E-state index in [9.17, 15) is 9.59 Å². The van der Waals surface area contributed by atoms with E-state index in [4.69, 9.17) is 4.74 Å². The van der Waals surface area contributed by atoms with Crippen molar-refractivity contribution in [3.05, 3.63) is 54.1 Å². The molecule has 0 aliphatic rings. The first-order valence-electron chi connectivity index (χ1n) is 14.2. The molecule has 37 heavy (non-hydrogen) atoms. The van der Waals surface area contributed by atoms with Gasteiger partial charge in [0.1, 0.15) is 5.75 Å². The van der Waals surface area contributed by atoms with Crippen LogP contribution in [-0.2, 0) is 4.79 Å². The highest BCUT2D eigenvalue weighted by molar-refractivity contribution is 5.91. The molecule has 5 nitrogen and oxygen atoms in total. The quantitative estimate of drug-likeness (QED) is 0.0859. The van der Waals surface area contributed by atoms with Gasteiger partial charge in [0.2, 0.25) is 6.41 Å². The summed E-state index contributed by atoms with van der Waals surface area (Å²) in [4.78, 5) is 22.8. The van der Waals surface area contributed by atoms with Gasteiger partial charge in [-0.3, -0.25) is 4.79 Å². The van der Waals surface area contributed by atoms with Crippen molar-refractivity contribution in [2.45, 2.75) is 104 Å². The van der Waals surface area contributed by atoms with Gasteiger partial charge in [-0.25, -0.2) is 4.79 Å². The normalized spacial score (nSPS) is 11.2. The van der Waals surface area contributed by atoms with E-state index in [0.717, 1.165) is 18.7 Å². The van der Waals surface area contributed by atoms with E-state index < -0.39 is 5.97 Å². The maximum Gasteiger partial charge on any atom is 0.343 e. The fourth-order valence-corrected chi connectivity index (χ4v) is 4.36. The summed E-state index contributed by atoms with van der Waals surface area (Å²) in [5.74, 6) is 0.0319. The summed E-state index contributed by atoms with van der Waals surface area (Å²) in [6.07, 6.45) is 18.2. The van der Waals surface area contributed by atoms with Gasteiger partial charge in [-0.15, -0.1) is 0 Å². The van der Waals surface area contributed by atoms with E-state index in [0.29, 0.717) is 28.8 Å². The number of nitrogens with one attached hydrogen (secondary N) is 2. The molecule has 0 heterocycles. The summed E-state index contributed by atoms with van der Waals surface area (Å²) in [5, 5.41) is 5.99. The minimum Gasteiger partial charge on any atom is -0.423 e. The van der Waals surface area contributed by atoms with Crippen LogP contribution in [0.3, 0.4) is 0 Å². The molecule has 0 unspecified atom stereocenters. The summed E-state index contributed by atoms with van der Waals surface area (Å²) in [6, 6.07) is 14.0. The summed E-state index contributed by atoms with van der Waals surface area (Å²) >= 11 is 0. The van der Waals surface area contributed by atoms with Crippen molar-refractivity contribution in [3.63, 3.8) is 0 Å². The molecular formula is C32H48N2O3. The molecule has 2 rings (SSSR count). The molecule has 2 aromatic rings. The highest BCUT2D eigenvalue weighted by Gasteiger charge is 2.09. The summed E-state index contributed by atoms with van der Waals surface area (Å²) in [5.41, 5.74) is 2.65. The van der Waals surface area contributed by atoms with Gasteiger partial charge in [-0.1, -0.05) is 91.4 Å². The maximum absolute atomic E-state index is 12.3. The molecule has 0 saturated heterocycles. The van der Waals surface area contributed by atoms with Gasteiger partial charge in [-0.2, -0.15) is 0 Å². The lowest BCUT2D eigenvalue weighted by Gasteiger charge is -2.17. The Bertz CT molecular complexity index is 886. The zero-order valence-corrected chi connectivity index (χ0v) is 23.3. The molecule has 0 aromatic heterocycles. The molecule has 5 heteroatoms. The van der Waals surface area contributed by atoms with Crippen LogP contribution in [0.5, 0.6) is 5.75 Å². The molecule has 2 aromatic carbocycles. The van der Waals surface area contributed by atoms with E-state index in [1.807, 2.05) is 12.1 Å². The van der Waals surface area contributed by atoms with Crippen LogP contribution in [0, 0.1) is 5.41 Å². The Balaban J connectivity index is 1.45. The number of unbranched alkanes of at least 4 members (excludes halogenated alkanes) is 11. The van der Waals surface area contributed by atoms with Crippen molar-refractivity contribution in [1.82, 2.24) is 0 Å². The van der Waals surface area contributed by atoms with Crippen LogP contribution < -0.4 is 15.4 Å². The van der Waals surface area contributed by atoms with Crippen LogP contribution in [0.1, 0.15) is 115 Å². The van der Waals surface area contributed by atoms with Crippen molar-refractivity contribution >= 4 is 23.8 Å². The Hall–Kier alpha value is -2.82. The summed E-state index contributed by atoms with van der Waals surface area (Å²) in [7, 11) is 0. The number of hydrogen-bond acceptors (Lipinski definition) is 4. The number of ether oxygens (including phenoxy) is 1. The number of esters is 1. The molecule has 0 radical (unpaired) electrons. The Labute approximate surface area is 224 Å². The van der Waals surface area contributed by atoms with Gasteiger partial charge < -0.3 is 15.4 Å². The van der Waals surface area contributed by atoms with E-state index in [-0.39, 0.29) is 0 Å². The van der Waals surface area contributed by atoms with Gasteiger partial charge in [0.25, 0.3) is 0 Å². The van der Waals surface area contributed by atoms with Crippen LogP contribution in [0.15, 0.2) is 48.5 Å². The van der Waals surface area contributed by atoms with Crippen LogP contribution >= 0.6 is 0 Å². The number of carbonyl (C=O) groups excluding carboxylic acids is 2. The first-order valence-corrected chi connectivity index (χ1v) is 14.2. The first kappa shape index (κ1) is 30.4. The van der Waals surface area contributed by atoms with Crippen LogP contribution in [0.4, 0.5) is 11.4 Å². The molecule has 0 atom stereocenters. The Morgan fingerprint density at radius 1 is 0.703 bits per heavy atom. The number of benzene rings is 2. The van der Waals surface area contributed by atoms with Crippen molar-refractivity contribution in [2.75, 3.05) is 17.2 Å². The second-order valence-electron chi connectivity index (χ2n) is 11.2. The van der Waals surface area contributed by atoms with E-state index in [2.05, 4.69) is 31.4 Å². The van der Waals surface area contributed by atoms with E-state index in [1.165, 1.54) is 77.0 Å². The highest BCUT2D eigenvalue weighted by Crippen LogP contribution is 2.23. The molecule has 0 spiro atoms. The summed E-state index contributed by atoms with van der Waals surface area (Å²) < 4.78 is 5.39. The zero-order valence-electron chi connectivity index (χ0n) is 23.3. The van der Waals surface area contributed by atoms with Crippen molar-refractivity contribution in [1.29, 1.82) is 0 Å². The third-order valence-corrected chi connectivity index (χ3v) is 6.59. The molecule has 2 N–H and O–H groups in total. The van der Waals surface area contributed by atoms with Gasteiger partial charge in [0, 0.05) is 17.9 Å². The van der Waals surface area contributed by atoms with Crippen LogP contribution in [0.2, 0.25) is 0 Å². The average Bonchev–Trinajstić information content (AvgIpc) is 2.87. The highest BCUT2D eigenvalue weighted by atomic mass is 16.5. The lowest BCUT2D eigenvalue weighted by atomic mass is 9.89. The van der Waals surface area contributed by atoms with Crippen LogP contribution in [-0.4, -0.2) is 18.9 Å². The van der Waals surface area contributed by atoms with Gasteiger partial charge >= 0.3 is 5.97 Å². The molecule has 204 valence electrons. The van der Waals surface area contributed by atoms with Crippen molar-refractivity contribution in [2.24, 2.45) is 5.41 Å². The predicted octanol–water partition coefficient (Wildman–Crippen LogP) is 9.00. The molecule has 0 aliphatic heterocycles. The lowest BCUT2D eigenvalue weighted by molar-refractivity contribution is -0.105. The number of rotatable bonds is 19. The number of amides is 1. The largest absolute Gasteiger partial charge is 0.423 e. The van der Waals surface area contributed by atoms with Crippen molar-refractivity contribution in [3.8, 4) is 5.75 Å². The lowest BCUT2D eigenvalue weighted by Crippen LogP contribution is -2.09. The zero-order chi connectivity index (χ0) is 26.8. The van der Waals surface area contributed by atoms with Gasteiger partial charge in [0.05, 0.1) is 5.56 Å². The Morgan fingerprint density at radius 2 is 1.19 bits per heavy atom. The monoisotopic (exact) mass is 508 g/mol. The fraction of sp³-hybridized carbons (Fsp3) is 0.562. The van der Waals surface area contributed by atoms with Crippen molar-refractivity contribution < 1.29 is 14.3 Å². The molecular weight excluding hydrogens is 460 g/mol. The standard InChI is InChI=1S/C32H48N2O3/c1-32(2,3)24-14-12-10-8-6-4-5-7-9-11-13-15-25-33-28-18-16-27(17-19-28)31(36)37-30-22-20-29(21-23-30)34-26-35/h16-23,26,33H,4-15,24-25H2,1-3H3,(H,34,35). The second-order valence-corrected chi connectivity index (χ2v) is 11.2. The predicted molar refractivity (Wildman–Crippen MR) is 155 cm³/mol. The molecule has 0 fully saturated rings. The smallest absolute Gasteiger partial charge is 0.343 e. The Morgan fingerprint density at radius 3 is 1.70 bits per heavy atom. The van der Waals surface area contributed by atoms with Gasteiger partial charge in [-0.05, 0) is 66.8 Å². The fourth-order valence-electron chi connectivity index (χ4n) is 4.36. The van der Waals surface area contributed by atoms with E-state index >= 15 is 0 Å². The molecule has 1 amide bonds. The Kier molecular flexibility index (Phi) is 14.5. The molecule has 0 aliphatic carbocycles. The molecule has 0 saturated carbocycles. The SMILES string of the molecule is CC(C)(C)CCCCCCCCCCCCCCNc1ccc(C(=O)Oc2ccc(NC=O)cc2)cc1. The average molecular weight is 509 g/mol. The van der Waals surface area contributed by atoms with Gasteiger partial charge in [0.15, 0.2) is 0 Å². The minimum absolute atomic E-state index is 0.404. The minimum atomic E-state index is -0.404. The summed E-state index contributed by atoms with van der Waals surface area (Å²) in [6.45, 7) is 7.96.